The first kappa shape index (κ1) is 18.4. The molecular formula is C18H15F3N2O4. The maximum Gasteiger partial charge on any atom is 0.573 e. The first-order valence-electron chi connectivity index (χ1n) is 7.84. The van der Waals surface area contributed by atoms with Gasteiger partial charge in [-0.05, 0) is 24.3 Å². The molecule has 3 aromatic rings. The van der Waals surface area contributed by atoms with Gasteiger partial charge in [0.2, 0.25) is 0 Å². The highest BCUT2D eigenvalue weighted by molar-refractivity contribution is 5.61. The van der Waals surface area contributed by atoms with E-state index in [2.05, 4.69) is 9.72 Å². The molecule has 0 aliphatic carbocycles. The average molecular weight is 380 g/mol. The highest BCUT2D eigenvalue weighted by Gasteiger charge is 2.31. The van der Waals surface area contributed by atoms with Gasteiger partial charge < -0.3 is 19.7 Å². The summed E-state index contributed by atoms with van der Waals surface area (Å²) in [5, 5.41) is 19.1. The molecule has 0 radical (unpaired) electrons. The first-order valence-corrected chi connectivity index (χ1v) is 7.84. The summed E-state index contributed by atoms with van der Waals surface area (Å²) in [7, 11) is 0. The van der Waals surface area contributed by atoms with Gasteiger partial charge in [-0.2, -0.15) is 0 Å². The van der Waals surface area contributed by atoms with Crippen LogP contribution in [0.3, 0.4) is 0 Å². The van der Waals surface area contributed by atoms with E-state index in [9.17, 15) is 23.4 Å². The largest absolute Gasteiger partial charge is 0.573 e. The van der Waals surface area contributed by atoms with Crippen LogP contribution in [0.1, 0.15) is 0 Å². The Morgan fingerprint density at radius 2 is 1.70 bits per heavy atom. The molecule has 9 heteroatoms. The second-order valence-corrected chi connectivity index (χ2v) is 5.50. The van der Waals surface area contributed by atoms with E-state index < -0.39 is 6.36 Å². The average Bonchev–Trinajstić information content (AvgIpc) is 2.93. The molecule has 0 aliphatic rings. The standard InChI is InChI=1S/C18H15F3N2O4/c19-18(20,21)27-13-3-1-2-12(10-13)15-5-4-14(11-22-15)26-9-8-23-16(24)6-7-17(23)25/h1-7,10-11,24-25H,8-9H2. The molecule has 2 aromatic heterocycles. The molecule has 0 saturated heterocycles. The van der Waals surface area contributed by atoms with Crippen LogP contribution >= 0.6 is 0 Å². The Bertz CT molecular complexity index is 888. The monoisotopic (exact) mass is 380 g/mol. The molecule has 0 unspecified atom stereocenters. The van der Waals surface area contributed by atoms with Crippen molar-refractivity contribution in [2.45, 2.75) is 12.9 Å². The lowest BCUT2D eigenvalue weighted by Crippen LogP contribution is -2.17. The van der Waals surface area contributed by atoms with E-state index in [-0.39, 0.29) is 30.7 Å². The smallest absolute Gasteiger partial charge is 0.494 e. The van der Waals surface area contributed by atoms with Gasteiger partial charge in [0, 0.05) is 17.7 Å². The van der Waals surface area contributed by atoms with Gasteiger partial charge in [0.05, 0.1) is 18.4 Å². The van der Waals surface area contributed by atoms with Gasteiger partial charge in [0.25, 0.3) is 0 Å². The molecule has 27 heavy (non-hydrogen) atoms. The minimum atomic E-state index is -4.76. The van der Waals surface area contributed by atoms with Crippen LogP contribution in [0.25, 0.3) is 11.3 Å². The third kappa shape index (κ3) is 4.84. The summed E-state index contributed by atoms with van der Waals surface area (Å²) >= 11 is 0. The molecule has 0 spiro atoms. The Balaban J connectivity index is 1.63. The van der Waals surface area contributed by atoms with Crippen molar-refractivity contribution < 1.29 is 32.9 Å². The predicted molar refractivity (Wildman–Crippen MR) is 89.6 cm³/mol. The third-order valence-corrected chi connectivity index (χ3v) is 3.62. The molecule has 1 aromatic carbocycles. The van der Waals surface area contributed by atoms with E-state index in [1.54, 1.807) is 18.2 Å². The number of alkyl halides is 3. The van der Waals surface area contributed by atoms with E-state index in [4.69, 9.17) is 4.74 Å². The SMILES string of the molecule is Oc1ccc(O)n1CCOc1ccc(-c2cccc(OC(F)(F)F)c2)nc1. The van der Waals surface area contributed by atoms with Crippen LogP contribution in [0, 0.1) is 0 Å². The molecule has 2 heterocycles. The number of aromatic hydroxyl groups is 2. The number of ether oxygens (including phenoxy) is 2. The van der Waals surface area contributed by atoms with Crippen LogP contribution < -0.4 is 9.47 Å². The van der Waals surface area contributed by atoms with E-state index in [1.165, 1.54) is 41.1 Å². The predicted octanol–water partition coefficient (Wildman–Crippen LogP) is 3.94. The molecule has 2 N–H and O–H groups in total. The van der Waals surface area contributed by atoms with Crippen LogP contribution in [0.4, 0.5) is 13.2 Å². The van der Waals surface area contributed by atoms with Crippen LogP contribution in [0.2, 0.25) is 0 Å². The van der Waals surface area contributed by atoms with Crippen LogP contribution in [-0.4, -0.2) is 32.7 Å². The fourth-order valence-electron chi connectivity index (χ4n) is 2.42. The Morgan fingerprint density at radius 1 is 0.963 bits per heavy atom. The highest BCUT2D eigenvalue weighted by atomic mass is 19.4. The van der Waals surface area contributed by atoms with Crippen LogP contribution in [0.5, 0.6) is 23.3 Å². The van der Waals surface area contributed by atoms with Crippen molar-refractivity contribution >= 4 is 0 Å². The number of pyridine rings is 1. The summed E-state index contributed by atoms with van der Waals surface area (Å²) in [6, 6.07) is 11.5. The van der Waals surface area contributed by atoms with E-state index in [0.717, 1.165) is 0 Å². The maximum atomic E-state index is 12.3. The van der Waals surface area contributed by atoms with E-state index >= 15 is 0 Å². The highest BCUT2D eigenvalue weighted by Crippen LogP contribution is 2.28. The van der Waals surface area contributed by atoms with Gasteiger partial charge in [-0.1, -0.05) is 12.1 Å². The number of nitrogens with zero attached hydrogens (tertiary/aromatic N) is 2. The van der Waals surface area contributed by atoms with Crippen LogP contribution in [0.15, 0.2) is 54.7 Å². The minimum absolute atomic E-state index is 0.0782. The van der Waals surface area contributed by atoms with Crippen molar-refractivity contribution in [2.24, 2.45) is 0 Å². The van der Waals surface area contributed by atoms with Crippen molar-refractivity contribution in [2.75, 3.05) is 6.61 Å². The van der Waals surface area contributed by atoms with Crippen molar-refractivity contribution in [3.63, 3.8) is 0 Å². The number of aromatic nitrogens is 2. The van der Waals surface area contributed by atoms with E-state index in [1.807, 2.05) is 0 Å². The quantitative estimate of drug-likeness (QED) is 0.677. The Labute approximate surface area is 152 Å². The lowest BCUT2D eigenvalue weighted by Gasteiger charge is -2.11. The zero-order valence-corrected chi connectivity index (χ0v) is 13.8. The molecule has 0 saturated carbocycles. The molecule has 0 amide bonds. The molecule has 3 rings (SSSR count). The van der Waals surface area contributed by atoms with Gasteiger partial charge in [0.1, 0.15) is 18.1 Å². The van der Waals surface area contributed by atoms with Crippen molar-refractivity contribution in [3.8, 4) is 34.5 Å². The Kier molecular flexibility index (Phi) is 5.11. The lowest BCUT2D eigenvalue weighted by molar-refractivity contribution is -0.274. The number of hydrogen-bond acceptors (Lipinski definition) is 5. The van der Waals surface area contributed by atoms with Crippen LogP contribution in [-0.2, 0) is 6.54 Å². The molecule has 6 nitrogen and oxygen atoms in total. The number of benzene rings is 1. The van der Waals surface area contributed by atoms with Gasteiger partial charge in [-0.15, -0.1) is 13.2 Å². The molecular weight excluding hydrogens is 365 g/mol. The van der Waals surface area contributed by atoms with Crippen molar-refractivity contribution in [1.29, 1.82) is 0 Å². The van der Waals surface area contributed by atoms with Crippen molar-refractivity contribution in [1.82, 2.24) is 9.55 Å². The summed E-state index contributed by atoms with van der Waals surface area (Å²) < 4.78 is 47.6. The first-order chi connectivity index (χ1) is 12.8. The number of rotatable bonds is 6. The Hall–Kier alpha value is -3.36. The molecule has 0 atom stereocenters. The second-order valence-electron chi connectivity index (χ2n) is 5.50. The number of halogens is 3. The van der Waals surface area contributed by atoms with E-state index in [0.29, 0.717) is 17.0 Å². The lowest BCUT2D eigenvalue weighted by atomic mass is 10.1. The summed E-state index contributed by atoms with van der Waals surface area (Å²) in [4.78, 5) is 4.17. The second kappa shape index (κ2) is 7.48. The summed E-state index contributed by atoms with van der Waals surface area (Å²) in [6.07, 6.45) is -3.33. The maximum absolute atomic E-state index is 12.3. The van der Waals surface area contributed by atoms with Crippen molar-refractivity contribution in [3.05, 3.63) is 54.7 Å². The zero-order valence-electron chi connectivity index (χ0n) is 13.8. The normalized spacial score (nSPS) is 11.4. The third-order valence-electron chi connectivity index (χ3n) is 3.62. The molecule has 0 fully saturated rings. The van der Waals surface area contributed by atoms with Gasteiger partial charge in [-0.25, -0.2) is 0 Å². The van der Waals surface area contributed by atoms with Gasteiger partial charge in [-0.3, -0.25) is 9.55 Å². The van der Waals surface area contributed by atoms with Gasteiger partial charge >= 0.3 is 6.36 Å². The minimum Gasteiger partial charge on any atom is -0.494 e. The number of hydrogen-bond donors (Lipinski definition) is 2. The summed E-state index contributed by atoms with van der Waals surface area (Å²) in [5.41, 5.74) is 0.918. The van der Waals surface area contributed by atoms with Gasteiger partial charge in [0.15, 0.2) is 11.8 Å². The zero-order chi connectivity index (χ0) is 19.4. The summed E-state index contributed by atoms with van der Waals surface area (Å²) in [6.45, 7) is 0.398. The molecule has 0 bridgehead atoms. The Morgan fingerprint density at radius 3 is 2.33 bits per heavy atom. The fraction of sp³-hybridized carbons (Fsp3) is 0.167. The molecule has 142 valence electrons. The summed E-state index contributed by atoms with van der Waals surface area (Å²) in [5.74, 6) is -0.0443. The molecule has 0 aliphatic heterocycles. The topological polar surface area (TPSA) is 76.7 Å². The fourth-order valence-corrected chi connectivity index (χ4v) is 2.42.